The van der Waals surface area contributed by atoms with Gasteiger partial charge >= 0.3 is 0 Å². The highest BCUT2D eigenvalue weighted by Gasteiger charge is 2.08. The molecule has 0 saturated heterocycles. The van der Waals surface area contributed by atoms with E-state index in [-0.39, 0.29) is 5.78 Å². The molecule has 0 radical (unpaired) electrons. The topological polar surface area (TPSA) is 44.1 Å². The predicted molar refractivity (Wildman–Crippen MR) is 64.0 cm³/mol. The average molecular weight is 230 g/mol. The third-order valence-corrected chi connectivity index (χ3v) is 2.54. The summed E-state index contributed by atoms with van der Waals surface area (Å²) in [6, 6.07) is 7.22. The molecule has 0 atom stereocenters. The third-order valence-electron chi connectivity index (χ3n) is 2.54. The Morgan fingerprint density at radius 3 is 2.82 bits per heavy atom. The Bertz CT molecular complexity index is 532. The maximum Gasteiger partial charge on any atom is 0.163 e. The van der Waals surface area contributed by atoms with Gasteiger partial charge in [-0.1, -0.05) is 12.1 Å². The van der Waals surface area contributed by atoms with Crippen LogP contribution in [0, 0.1) is 0 Å². The molecule has 0 aliphatic heterocycles. The number of benzene rings is 1. The predicted octanol–water partition coefficient (Wildman–Crippen LogP) is 2.20. The number of aromatic nitrogens is 2. The largest absolute Gasteiger partial charge is 0.485 e. The Hall–Kier alpha value is -2.10. The molecule has 0 bridgehead atoms. The molecule has 0 aliphatic carbocycles. The van der Waals surface area contributed by atoms with Crippen molar-refractivity contribution in [3.8, 4) is 5.75 Å². The minimum absolute atomic E-state index is 0.000408. The molecule has 0 fully saturated rings. The third kappa shape index (κ3) is 2.53. The molecule has 0 spiro atoms. The second kappa shape index (κ2) is 4.82. The number of hydrogen-bond donors (Lipinski definition) is 0. The highest BCUT2D eigenvalue weighted by atomic mass is 16.5. The summed E-state index contributed by atoms with van der Waals surface area (Å²) < 4.78 is 7.50. The zero-order valence-corrected chi connectivity index (χ0v) is 9.88. The highest BCUT2D eigenvalue weighted by molar-refractivity contribution is 5.96. The fourth-order valence-corrected chi connectivity index (χ4v) is 1.56. The maximum absolute atomic E-state index is 11.4. The summed E-state index contributed by atoms with van der Waals surface area (Å²) in [7, 11) is 1.91. The number of nitrogens with zero attached hydrogens (tertiary/aromatic N) is 2. The van der Waals surface area contributed by atoms with Crippen LogP contribution in [0.1, 0.15) is 23.1 Å². The van der Waals surface area contributed by atoms with Crippen LogP contribution in [0.3, 0.4) is 0 Å². The monoisotopic (exact) mass is 230 g/mol. The quantitative estimate of drug-likeness (QED) is 0.756. The zero-order chi connectivity index (χ0) is 12.3. The van der Waals surface area contributed by atoms with Gasteiger partial charge in [-0.05, 0) is 19.1 Å². The van der Waals surface area contributed by atoms with Crippen molar-refractivity contribution in [3.63, 3.8) is 0 Å². The zero-order valence-electron chi connectivity index (χ0n) is 9.88. The van der Waals surface area contributed by atoms with Gasteiger partial charge in [0.05, 0.1) is 5.56 Å². The van der Waals surface area contributed by atoms with Gasteiger partial charge in [0, 0.05) is 19.4 Å². The lowest BCUT2D eigenvalue weighted by atomic mass is 10.1. The number of Topliss-reactive ketones (excluding diaryl/α,β-unsaturated/α-hetero) is 1. The Balaban J connectivity index is 2.14. The molecule has 0 N–H and O–H groups in total. The van der Waals surface area contributed by atoms with Crippen LogP contribution in [-0.4, -0.2) is 15.3 Å². The van der Waals surface area contributed by atoms with E-state index in [1.807, 2.05) is 29.9 Å². The van der Waals surface area contributed by atoms with Gasteiger partial charge in [0.15, 0.2) is 5.78 Å². The maximum atomic E-state index is 11.4. The Morgan fingerprint density at radius 1 is 1.41 bits per heavy atom. The lowest BCUT2D eigenvalue weighted by Crippen LogP contribution is -2.05. The van der Waals surface area contributed by atoms with E-state index in [1.54, 1.807) is 18.3 Å². The van der Waals surface area contributed by atoms with Crippen LogP contribution in [0.5, 0.6) is 5.75 Å². The summed E-state index contributed by atoms with van der Waals surface area (Å²) in [5.74, 6) is 1.42. The fraction of sp³-hybridized carbons (Fsp3) is 0.231. The standard InChI is InChI=1S/C13H14N2O2/c1-10(16)11-5-3-4-6-12(11)17-9-13-14-7-8-15(13)2/h3-8H,9H2,1-2H3. The summed E-state index contributed by atoms with van der Waals surface area (Å²) in [4.78, 5) is 15.6. The van der Waals surface area contributed by atoms with Gasteiger partial charge in [-0.25, -0.2) is 4.98 Å². The van der Waals surface area contributed by atoms with Crippen molar-refractivity contribution in [3.05, 3.63) is 48.0 Å². The van der Waals surface area contributed by atoms with Gasteiger partial charge in [0.25, 0.3) is 0 Å². The molecule has 0 saturated carbocycles. The van der Waals surface area contributed by atoms with Gasteiger partial charge in [0.2, 0.25) is 0 Å². The van der Waals surface area contributed by atoms with Gasteiger partial charge in [-0.15, -0.1) is 0 Å². The first kappa shape index (κ1) is 11.4. The van der Waals surface area contributed by atoms with Gasteiger partial charge < -0.3 is 9.30 Å². The van der Waals surface area contributed by atoms with Crippen molar-refractivity contribution in [1.82, 2.24) is 9.55 Å². The Morgan fingerprint density at radius 2 is 2.18 bits per heavy atom. The number of aryl methyl sites for hydroxylation is 1. The van der Waals surface area contributed by atoms with Crippen molar-refractivity contribution in [2.24, 2.45) is 7.05 Å². The van der Waals surface area contributed by atoms with Crippen LogP contribution >= 0.6 is 0 Å². The van der Waals surface area contributed by atoms with Crippen LogP contribution in [0.4, 0.5) is 0 Å². The molecule has 88 valence electrons. The molecule has 4 heteroatoms. The van der Waals surface area contributed by atoms with Crippen LogP contribution < -0.4 is 4.74 Å². The normalized spacial score (nSPS) is 10.2. The van der Waals surface area contributed by atoms with Crippen LogP contribution in [0.15, 0.2) is 36.7 Å². The van der Waals surface area contributed by atoms with E-state index in [9.17, 15) is 4.79 Å². The number of ketones is 1. The molecular formula is C13H14N2O2. The van der Waals surface area contributed by atoms with E-state index in [4.69, 9.17) is 4.74 Å². The number of imidazole rings is 1. The van der Waals surface area contributed by atoms with Gasteiger partial charge in [-0.2, -0.15) is 0 Å². The van der Waals surface area contributed by atoms with Crippen molar-refractivity contribution in [2.75, 3.05) is 0 Å². The molecule has 17 heavy (non-hydrogen) atoms. The Labute approximate surface area is 99.9 Å². The van der Waals surface area contributed by atoms with E-state index in [2.05, 4.69) is 4.98 Å². The number of ether oxygens (including phenoxy) is 1. The van der Waals surface area contributed by atoms with Crippen LogP contribution in [0.25, 0.3) is 0 Å². The van der Waals surface area contributed by atoms with E-state index in [0.717, 1.165) is 5.82 Å². The second-order valence-corrected chi connectivity index (χ2v) is 3.80. The minimum Gasteiger partial charge on any atom is -0.485 e. The molecule has 4 nitrogen and oxygen atoms in total. The molecule has 2 rings (SSSR count). The summed E-state index contributed by atoms with van der Waals surface area (Å²) in [6.07, 6.45) is 3.57. The number of para-hydroxylation sites is 1. The lowest BCUT2D eigenvalue weighted by Gasteiger charge is -2.09. The summed E-state index contributed by atoms with van der Waals surface area (Å²) >= 11 is 0. The first-order chi connectivity index (χ1) is 8.18. The van der Waals surface area contributed by atoms with E-state index in [1.165, 1.54) is 6.92 Å². The van der Waals surface area contributed by atoms with E-state index >= 15 is 0 Å². The second-order valence-electron chi connectivity index (χ2n) is 3.80. The number of carbonyl (C=O) groups is 1. The van der Waals surface area contributed by atoms with Gasteiger partial charge in [0.1, 0.15) is 18.2 Å². The molecule has 0 amide bonds. The van der Waals surface area contributed by atoms with Crippen LogP contribution in [0.2, 0.25) is 0 Å². The first-order valence-electron chi connectivity index (χ1n) is 5.37. The molecule has 1 aromatic carbocycles. The van der Waals surface area contributed by atoms with Crippen molar-refractivity contribution in [2.45, 2.75) is 13.5 Å². The SMILES string of the molecule is CC(=O)c1ccccc1OCc1nccn1C. The smallest absolute Gasteiger partial charge is 0.163 e. The summed E-state index contributed by atoms with van der Waals surface area (Å²) in [5, 5.41) is 0. The average Bonchev–Trinajstić information content (AvgIpc) is 2.72. The number of carbonyl (C=O) groups excluding carboxylic acids is 1. The molecular weight excluding hydrogens is 216 g/mol. The first-order valence-corrected chi connectivity index (χ1v) is 5.37. The summed E-state index contributed by atoms with van der Waals surface area (Å²) in [6.45, 7) is 1.89. The molecule has 2 aromatic rings. The summed E-state index contributed by atoms with van der Waals surface area (Å²) in [5.41, 5.74) is 0.599. The minimum atomic E-state index is 0.000408. The molecule has 1 aromatic heterocycles. The molecule has 1 heterocycles. The van der Waals surface area contributed by atoms with E-state index < -0.39 is 0 Å². The van der Waals surface area contributed by atoms with Gasteiger partial charge in [-0.3, -0.25) is 4.79 Å². The Kier molecular flexibility index (Phi) is 3.23. The number of rotatable bonds is 4. The number of hydrogen-bond acceptors (Lipinski definition) is 3. The van der Waals surface area contributed by atoms with Crippen molar-refractivity contribution < 1.29 is 9.53 Å². The molecule has 0 aliphatic rings. The fourth-order valence-electron chi connectivity index (χ4n) is 1.56. The van der Waals surface area contributed by atoms with Crippen molar-refractivity contribution >= 4 is 5.78 Å². The van der Waals surface area contributed by atoms with Crippen LogP contribution in [-0.2, 0) is 13.7 Å². The highest BCUT2D eigenvalue weighted by Crippen LogP contribution is 2.19. The van der Waals surface area contributed by atoms with Crippen molar-refractivity contribution in [1.29, 1.82) is 0 Å². The lowest BCUT2D eigenvalue weighted by molar-refractivity contribution is 0.101. The molecule has 0 unspecified atom stereocenters. The van der Waals surface area contributed by atoms with E-state index in [0.29, 0.717) is 17.9 Å².